The highest BCUT2D eigenvalue weighted by atomic mass is 32.2. The van der Waals surface area contributed by atoms with Crippen LogP contribution in [0.25, 0.3) is 0 Å². The number of nitrogens with one attached hydrogen (secondary N) is 1. The lowest BCUT2D eigenvalue weighted by molar-refractivity contribution is 0.218. The molecular weight excluding hydrogens is 226 g/mol. The molecule has 0 aliphatic carbocycles. The second kappa shape index (κ2) is 8.16. The molecule has 86 valence electrons. The number of hydrogen-bond acceptors (Lipinski definition) is 4. The number of rotatable bonds is 8. The fourth-order valence-electron chi connectivity index (χ4n) is 1.18. The van der Waals surface area contributed by atoms with E-state index in [0.717, 1.165) is 31.2 Å². The first-order chi connectivity index (χ1) is 7.33. The van der Waals surface area contributed by atoms with E-state index < -0.39 is 0 Å². The SMILES string of the molecule is COCCSCCNCc1ccc(C)s1. The zero-order chi connectivity index (χ0) is 10.9. The largest absolute Gasteiger partial charge is 0.384 e. The molecule has 0 unspecified atom stereocenters. The molecule has 0 bridgehead atoms. The van der Waals surface area contributed by atoms with Crippen molar-refractivity contribution in [3.63, 3.8) is 0 Å². The summed E-state index contributed by atoms with van der Waals surface area (Å²) in [6, 6.07) is 4.38. The molecule has 0 radical (unpaired) electrons. The van der Waals surface area contributed by atoms with Crippen LogP contribution >= 0.6 is 23.1 Å². The van der Waals surface area contributed by atoms with Gasteiger partial charge in [0.25, 0.3) is 0 Å². The Bertz CT molecular complexity index is 263. The van der Waals surface area contributed by atoms with Gasteiger partial charge < -0.3 is 10.1 Å². The van der Waals surface area contributed by atoms with Crippen LogP contribution in [0.5, 0.6) is 0 Å². The normalized spacial score (nSPS) is 10.8. The molecule has 1 heterocycles. The fraction of sp³-hybridized carbons (Fsp3) is 0.636. The van der Waals surface area contributed by atoms with Crippen molar-refractivity contribution < 1.29 is 4.74 Å². The van der Waals surface area contributed by atoms with Crippen LogP contribution in [0.3, 0.4) is 0 Å². The van der Waals surface area contributed by atoms with Crippen LogP contribution < -0.4 is 5.32 Å². The van der Waals surface area contributed by atoms with Gasteiger partial charge in [0.05, 0.1) is 6.61 Å². The number of thioether (sulfide) groups is 1. The van der Waals surface area contributed by atoms with Crippen LogP contribution in [0, 0.1) is 6.92 Å². The molecule has 0 spiro atoms. The highest BCUT2D eigenvalue weighted by Crippen LogP contribution is 2.14. The molecule has 0 aromatic carbocycles. The molecule has 0 fully saturated rings. The molecule has 1 N–H and O–H groups in total. The van der Waals surface area contributed by atoms with E-state index in [9.17, 15) is 0 Å². The number of methoxy groups -OCH3 is 1. The van der Waals surface area contributed by atoms with Gasteiger partial charge in [-0.15, -0.1) is 11.3 Å². The Kier molecular flexibility index (Phi) is 7.09. The molecule has 2 nitrogen and oxygen atoms in total. The lowest BCUT2D eigenvalue weighted by Gasteiger charge is -2.02. The Hall–Kier alpha value is -0.0300. The molecular formula is C11H19NOS2. The third kappa shape index (κ3) is 6.20. The Morgan fingerprint density at radius 2 is 2.27 bits per heavy atom. The van der Waals surface area contributed by atoms with Gasteiger partial charge in [-0.2, -0.15) is 11.8 Å². The second-order valence-electron chi connectivity index (χ2n) is 3.29. The minimum atomic E-state index is 0.856. The minimum Gasteiger partial charge on any atom is -0.384 e. The zero-order valence-electron chi connectivity index (χ0n) is 9.41. The summed E-state index contributed by atoms with van der Waals surface area (Å²) in [5.41, 5.74) is 0. The third-order valence-electron chi connectivity index (χ3n) is 1.95. The predicted octanol–water partition coefficient (Wildman–Crippen LogP) is 2.53. The first-order valence-electron chi connectivity index (χ1n) is 5.15. The maximum Gasteiger partial charge on any atom is 0.0552 e. The van der Waals surface area contributed by atoms with Crippen molar-refractivity contribution in [2.45, 2.75) is 13.5 Å². The Balaban J connectivity index is 1.93. The van der Waals surface area contributed by atoms with Gasteiger partial charge >= 0.3 is 0 Å². The van der Waals surface area contributed by atoms with Gasteiger partial charge in [0.2, 0.25) is 0 Å². The summed E-state index contributed by atoms with van der Waals surface area (Å²) in [6.45, 7) is 5.08. The Labute approximate surface area is 100 Å². The second-order valence-corrected chi connectivity index (χ2v) is 5.89. The van der Waals surface area contributed by atoms with Gasteiger partial charge in [0, 0.05) is 41.5 Å². The van der Waals surface area contributed by atoms with Crippen molar-refractivity contribution in [3.8, 4) is 0 Å². The van der Waals surface area contributed by atoms with Gasteiger partial charge in [-0.1, -0.05) is 0 Å². The van der Waals surface area contributed by atoms with Crippen molar-refractivity contribution in [2.24, 2.45) is 0 Å². The zero-order valence-corrected chi connectivity index (χ0v) is 11.0. The first kappa shape index (κ1) is 13.0. The van der Waals surface area contributed by atoms with Crippen molar-refractivity contribution in [3.05, 3.63) is 21.9 Å². The summed E-state index contributed by atoms with van der Waals surface area (Å²) >= 11 is 3.80. The van der Waals surface area contributed by atoms with E-state index in [1.807, 2.05) is 23.1 Å². The average Bonchev–Trinajstić information content (AvgIpc) is 2.63. The summed E-state index contributed by atoms with van der Waals surface area (Å²) in [4.78, 5) is 2.82. The highest BCUT2D eigenvalue weighted by molar-refractivity contribution is 7.99. The Morgan fingerprint density at radius 1 is 1.40 bits per heavy atom. The van der Waals surface area contributed by atoms with Gasteiger partial charge in [-0.25, -0.2) is 0 Å². The number of ether oxygens (including phenoxy) is 1. The lowest BCUT2D eigenvalue weighted by atomic mass is 10.4. The molecule has 15 heavy (non-hydrogen) atoms. The van der Waals surface area contributed by atoms with Crippen LogP contribution in [-0.4, -0.2) is 31.8 Å². The smallest absolute Gasteiger partial charge is 0.0552 e. The highest BCUT2D eigenvalue weighted by Gasteiger charge is 1.95. The predicted molar refractivity (Wildman–Crippen MR) is 70.0 cm³/mol. The maximum absolute atomic E-state index is 4.98. The lowest BCUT2D eigenvalue weighted by Crippen LogP contribution is -2.16. The molecule has 1 rings (SSSR count). The quantitative estimate of drug-likeness (QED) is 0.711. The van der Waals surface area contributed by atoms with Crippen LogP contribution in [0.4, 0.5) is 0 Å². The van der Waals surface area contributed by atoms with E-state index in [2.05, 4.69) is 24.4 Å². The van der Waals surface area contributed by atoms with Crippen molar-refractivity contribution in [1.29, 1.82) is 0 Å². The average molecular weight is 245 g/mol. The fourth-order valence-corrected chi connectivity index (χ4v) is 2.82. The topological polar surface area (TPSA) is 21.3 Å². The molecule has 0 atom stereocenters. The monoisotopic (exact) mass is 245 g/mol. The van der Waals surface area contributed by atoms with Gasteiger partial charge in [0.15, 0.2) is 0 Å². The number of aryl methyl sites for hydroxylation is 1. The Morgan fingerprint density at radius 3 is 2.93 bits per heavy atom. The van der Waals surface area contributed by atoms with Crippen molar-refractivity contribution in [1.82, 2.24) is 5.32 Å². The minimum absolute atomic E-state index is 0.856. The first-order valence-corrected chi connectivity index (χ1v) is 7.13. The summed E-state index contributed by atoms with van der Waals surface area (Å²) in [7, 11) is 1.75. The molecule has 0 aliphatic heterocycles. The van der Waals surface area contributed by atoms with E-state index in [-0.39, 0.29) is 0 Å². The molecule has 0 saturated carbocycles. The molecule has 1 aromatic rings. The van der Waals surface area contributed by atoms with Gasteiger partial charge in [0.1, 0.15) is 0 Å². The van der Waals surface area contributed by atoms with Crippen LogP contribution in [0.2, 0.25) is 0 Å². The van der Waals surface area contributed by atoms with E-state index in [4.69, 9.17) is 4.74 Å². The summed E-state index contributed by atoms with van der Waals surface area (Å²) in [5.74, 6) is 2.25. The van der Waals surface area contributed by atoms with E-state index in [1.165, 1.54) is 9.75 Å². The van der Waals surface area contributed by atoms with E-state index >= 15 is 0 Å². The molecule has 4 heteroatoms. The summed E-state index contributed by atoms with van der Waals surface area (Å²) in [6.07, 6.45) is 0. The molecule has 0 saturated heterocycles. The standard InChI is InChI=1S/C11H19NOS2/c1-10-3-4-11(15-10)9-12-5-7-14-8-6-13-2/h3-4,12H,5-9H2,1-2H3. The van der Waals surface area contributed by atoms with Crippen LogP contribution in [0.1, 0.15) is 9.75 Å². The van der Waals surface area contributed by atoms with Crippen LogP contribution in [-0.2, 0) is 11.3 Å². The molecule has 0 amide bonds. The van der Waals surface area contributed by atoms with Crippen molar-refractivity contribution >= 4 is 23.1 Å². The van der Waals surface area contributed by atoms with Crippen molar-refractivity contribution in [2.75, 3.05) is 31.8 Å². The summed E-state index contributed by atoms with van der Waals surface area (Å²) in [5, 5.41) is 3.44. The molecule has 1 aromatic heterocycles. The maximum atomic E-state index is 4.98. The van der Waals surface area contributed by atoms with Gasteiger partial charge in [-0.3, -0.25) is 0 Å². The van der Waals surface area contributed by atoms with Crippen LogP contribution in [0.15, 0.2) is 12.1 Å². The number of hydrogen-bond donors (Lipinski definition) is 1. The van der Waals surface area contributed by atoms with E-state index in [1.54, 1.807) is 7.11 Å². The molecule has 0 aliphatic rings. The van der Waals surface area contributed by atoms with Gasteiger partial charge in [-0.05, 0) is 19.1 Å². The summed E-state index contributed by atoms with van der Waals surface area (Å²) < 4.78 is 4.98. The third-order valence-corrected chi connectivity index (χ3v) is 3.90. The van der Waals surface area contributed by atoms with E-state index in [0.29, 0.717) is 0 Å². The number of thiophene rings is 1.